The molecular formula is C53H96B2N9Rb3. The van der Waals surface area contributed by atoms with E-state index in [1.165, 1.54) is 114 Å². The van der Waals surface area contributed by atoms with Crippen LogP contribution < -0.4 is 191 Å². The molecule has 0 spiro atoms. The molecule has 6 N–H and O–H groups in total. The molecule has 3 atom stereocenters. The molecule has 0 radical (unpaired) electrons. The number of anilines is 3. The van der Waals surface area contributed by atoms with E-state index < -0.39 is 0 Å². The molecule has 6 bridgehead atoms. The zero-order valence-electron chi connectivity index (χ0n) is 45.8. The van der Waals surface area contributed by atoms with Crippen LogP contribution in [-0.4, -0.2) is 125 Å². The van der Waals surface area contributed by atoms with Crippen molar-refractivity contribution in [2.24, 2.45) is 17.8 Å². The number of para-hydroxylation sites is 3. The summed E-state index contributed by atoms with van der Waals surface area (Å²) >= 11 is 0. The van der Waals surface area contributed by atoms with E-state index in [1.54, 1.807) is 20.8 Å². The molecule has 0 amide bonds. The Hall–Kier alpha value is 2.37. The summed E-state index contributed by atoms with van der Waals surface area (Å²) in [5, 5.41) is 11.0. The summed E-state index contributed by atoms with van der Waals surface area (Å²) in [4.78, 5) is 7.75. The number of benzene rings is 3. The third-order valence-corrected chi connectivity index (χ3v) is 12.7. The maximum Gasteiger partial charge on any atom is 1.00 e. The first-order chi connectivity index (χ1) is 31.1. The van der Waals surface area contributed by atoms with Gasteiger partial charge in [-0.25, -0.2) is 0 Å². The molecule has 9 aliphatic rings. The summed E-state index contributed by atoms with van der Waals surface area (Å²) in [6, 6.07) is 33.8. The Bertz CT molecular complexity index is 1280. The second kappa shape index (κ2) is 48.0. The maximum absolute atomic E-state index is 6.21. The Morgan fingerprint density at radius 1 is 0.403 bits per heavy atom. The minimum Gasteiger partial charge on any atom is -0.678 e. The van der Waals surface area contributed by atoms with Crippen molar-refractivity contribution in [1.29, 1.82) is 0 Å². The number of nitrogens with one attached hydrogen (secondary N) is 6. The Balaban J connectivity index is -0.000000760. The van der Waals surface area contributed by atoms with Crippen molar-refractivity contribution in [3.8, 4) is 0 Å². The molecule has 14 heteroatoms. The molecule has 3 aromatic rings. The number of piperidine rings is 9. The third-order valence-electron chi connectivity index (χ3n) is 12.7. The molecule has 67 heavy (non-hydrogen) atoms. The third kappa shape index (κ3) is 32.4. The fourth-order valence-corrected chi connectivity index (χ4v) is 8.63. The molecular weight excluding hydrogens is 1040 g/mol. The SMILES string of the molecule is CB(C)B(C)C.CC.CC.CC[NH-].CC[NH-].CC[NH-].[Rb+].[Rb+].[Rb+].c1ccc(N[C@H]2CN3CCC2CC3)cc1.c1ccc(N[C@H]2CN3CCC2CC3)cc1.c1ccc(N[C@H]2CN3CCC2CC3)cc1. The maximum atomic E-state index is 6.21. The van der Waals surface area contributed by atoms with E-state index in [1.807, 2.05) is 27.7 Å². The van der Waals surface area contributed by atoms with Gasteiger partial charge in [-0.05, 0) is 132 Å². The van der Waals surface area contributed by atoms with E-state index in [-0.39, 0.29) is 175 Å². The number of hydrogen-bond acceptors (Lipinski definition) is 6. The second-order valence-electron chi connectivity index (χ2n) is 17.8. The number of fused-ring (bicyclic) bond motifs is 9. The molecule has 9 nitrogen and oxygen atoms in total. The Kier molecular flexibility index (Phi) is 52.8. The summed E-state index contributed by atoms with van der Waals surface area (Å²) < 4.78 is 0. The molecule has 0 unspecified atom stereocenters. The normalized spacial score (nSPS) is 24.5. The van der Waals surface area contributed by atoms with E-state index in [9.17, 15) is 0 Å². The van der Waals surface area contributed by atoms with Crippen molar-refractivity contribution in [3.05, 3.63) is 108 Å². The van der Waals surface area contributed by atoms with Gasteiger partial charge in [0, 0.05) is 54.8 Å². The van der Waals surface area contributed by atoms with Crippen molar-refractivity contribution >= 4 is 30.3 Å². The van der Waals surface area contributed by atoms with Gasteiger partial charge in [0.15, 0.2) is 0 Å². The van der Waals surface area contributed by atoms with Crippen molar-refractivity contribution in [2.75, 3.05) is 94.5 Å². The summed E-state index contributed by atoms with van der Waals surface area (Å²) in [5.74, 6) is 2.70. The van der Waals surface area contributed by atoms with Crippen LogP contribution in [0.4, 0.5) is 17.1 Å². The molecule has 9 aliphatic heterocycles. The Morgan fingerprint density at radius 3 is 0.716 bits per heavy atom. The average Bonchev–Trinajstić information content (AvgIpc) is 3.34. The summed E-state index contributed by atoms with van der Waals surface area (Å²) in [7, 11) is 0. The quantitative estimate of drug-likeness (QED) is 0.303. The molecule has 0 aromatic heterocycles. The molecule has 9 fully saturated rings. The number of hydrogen-bond donors (Lipinski definition) is 3. The monoisotopic (exact) mass is 1140 g/mol. The van der Waals surface area contributed by atoms with Crippen molar-refractivity contribution in [1.82, 2.24) is 14.7 Å². The van der Waals surface area contributed by atoms with Gasteiger partial charge in [0.05, 0.1) is 0 Å². The molecule has 9 heterocycles. The summed E-state index contributed by atoms with van der Waals surface area (Å²) in [6.07, 6.45) is 8.28. The Labute approximate surface area is 562 Å². The van der Waals surface area contributed by atoms with Gasteiger partial charge in [0.25, 0.3) is 0 Å². The minimum absolute atomic E-state index is 0. The Morgan fingerprint density at radius 2 is 0.582 bits per heavy atom. The molecule has 9 saturated heterocycles. The van der Waals surface area contributed by atoms with Crippen LogP contribution in [0.15, 0.2) is 91.0 Å². The van der Waals surface area contributed by atoms with Crippen LogP contribution >= 0.6 is 0 Å². The van der Waals surface area contributed by atoms with Gasteiger partial charge in [-0.15, -0.1) is 0 Å². The van der Waals surface area contributed by atoms with Crippen LogP contribution in [0.25, 0.3) is 17.2 Å². The van der Waals surface area contributed by atoms with Gasteiger partial charge in [0.1, 0.15) is 13.2 Å². The van der Waals surface area contributed by atoms with Gasteiger partial charge >= 0.3 is 175 Å². The van der Waals surface area contributed by atoms with E-state index in [0.717, 1.165) is 31.0 Å². The van der Waals surface area contributed by atoms with Crippen molar-refractivity contribution in [3.63, 3.8) is 0 Å². The van der Waals surface area contributed by atoms with Crippen molar-refractivity contribution in [2.45, 2.75) is 132 Å². The molecule has 3 aromatic carbocycles. The topological polar surface area (TPSA) is 117 Å². The van der Waals surface area contributed by atoms with Crippen LogP contribution in [0.1, 0.15) is 87.0 Å². The first kappa shape index (κ1) is 73.6. The van der Waals surface area contributed by atoms with Gasteiger partial charge in [0.2, 0.25) is 0 Å². The molecule has 0 saturated carbocycles. The van der Waals surface area contributed by atoms with E-state index in [2.05, 4.69) is 149 Å². The van der Waals surface area contributed by atoms with Crippen molar-refractivity contribution < 1.29 is 175 Å². The first-order valence-corrected chi connectivity index (χ1v) is 25.7. The van der Waals surface area contributed by atoms with Crippen LogP contribution in [0, 0.1) is 17.8 Å². The van der Waals surface area contributed by atoms with Gasteiger partial charge in [-0.1, -0.05) is 130 Å². The van der Waals surface area contributed by atoms with Crippen LogP contribution in [0.2, 0.25) is 27.3 Å². The second-order valence-corrected chi connectivity index (χ2v) is 17.8. The first-order valence-electron chi connectivity index (χ1n) is 25.7. The smallest absolute Gasteiger partial charge is 0.678 e. The number of rotatable bonds is 7. The zero-order chi connectivity index (χ0) is 47.5. The predicted molar refractivity (Wildman–Crippen MR) is 291 cm³/mol. The standard InChI is InChI=1S/3C13H18N2.C4H12B2.3C2H6N.2C2H6.3Rb/c3*1-2-4-12(5-3-1)14-13-10-15-8-6-11(13)7-9-15;1-5(2)6(3)4;3*1-2-3;2*1-2;;;/h3*1-5,11,13-14H,6-10H2;1-4H3;3*3H,2H2,1H3;2*1-2H3;;;/q;;;;3*-1;;;3*+1/t3*13-;;;;;;;;;/m000........./s1. The molecule has 12 rings (SSSR count). The fraction of sp³-hybridized carbons (Fsp3) is 0.660. The fourth-order valence-electron chi connectivity index (χ4n) is 8.63. The molecule has 362 valence electrons. The van der Waals surface area contributed by atoms with Crippen LogP contribution in [0.5, 0.6) is 0 Å². The van der Waals surface area contributed by atoms with Gasteiger partial charge in [-0.2, -0.15) is 19.6 Å². The summed E-state index contributed by atoms with van der Waals surface area (Å²) in [5.41, 5.74) is 22.4. The van der Waals surface area contributed by atoms with Crippen LogP contribution in [0.3, 0.4) is 0 Å². The van der Waals surface area contributed by atoms with Gasteiger partial charge < -0.3 is 47.9 Å². The van der Waals surface area contributed by atoms with E-state index >= 15 is 0 Å². The van der Waals surface area contributed by atoms with E-state index in [4.69, 9.17) is 17.2 Å². The minimum atomic E-state index is 0. The predicted octanol–water partition coefficient (Wildman–Crippen LogP) is 4.39. The zero-order valence-corrected chi connectivity index (χ0v) is 60.6. The van der Waals surface area contributed by atoms with Gasteiger partial charge in [-0.3, -0.25) is 0 Å². The number of nitrogens with zero attached hydrogens (tertiary/aromatic N) is 3. The van der Waals surface area contributed by atoms with E-state index in [0.29, 0.717) is 37.8 Å². The molecule has 0 aliphatic carbocycles. The largest absolute Gasteiger partial charge is 1.00 e. The average molecular weight is 1140 g/mol. The summed E-state index contributed by atoms with van der Waals surface area (Å²) in [6.45, 7) is 37.2. The van der Waals surface area contributed by atoms with Crippen LogP contribution in [-0.2, 0) is 0 Å².